The van der Waals surface area contributed by atoms with Crippen molar-refractivity contribution < 1.29 is 14.3 Å². The second-order valence-electron chi connectivity index (χ2n) is 9.38. The molecule has 0 spiro atoms. The lowest BCUT2D eigenvalue weighted by Gasteiger charge is -2.29. The number of rotatable bonds is 7. The lowest BCUT2D eigenvalue weighted by Crippen LogP contribution is -2.41. The van der Waals surface area contributed by atoms with Gasteiger partial charge in [-0.1, -0.05) is 38.5 Å². The maximum Gasteiger partial charge on any atom is 0.300 e. The van der Waals surface area contributed by atoms with E-state index in [0.717, 1.165) is 68.6 Å². The van der Waals surface area contributed by atoms with Gasteiger partial charge in [-0.05, 0) is 57.7 Å². The van der Waals surface area contributed by atoms with E-state index >= 15 is 0 Å². The normalized spacial score (nSPS) is 22.8. The van der Waals surface area contributed by atoms with E-state index in [9.17, 15) is 4.79 Å². The van der Waals surface area contributed by atoms with Crippen LogP contribution in [0.25, 0.3) is 6.08 Å². The topological polar surface area (TPSA) is 54.4 Å². The fourth-order valence-electron chi connectivity index (χ4n) is 5.35. The van der Waals surface area contributed by atoms with Crippen LogP contribution in [0.15, 0.2) is 29.0 Å². The summed E-state index contributed by atoms with van der Waals surface area (Å²) in [6, 6.07) is 7.09. The van der Waals surface area contributed by atoms with Gasteiger partial charge in [-0.15, -0.1) is 0 Å². The Morgan fingerprint density at radius 3 is 2.36 bits per heavy atom. The number of amidine groups is 1. The van der Waals surface area contributed by atoms with Crippen molar-refractivity contribution in [2.24, 2.45) is 4.99 Å². The van der Waals surface area contributed by atoms with Crippen molar-refractivity contribution in [2.45, 2.75) is 90.1 Å². The van der Waals surface area contributed by atoms with Crippen LogP contribution in [0.3, 0.4) is 0 Å². The first-order valence-corrected chi connectivity index (χ1v) is 12.9. The summed E-state index contributed by atoms with van der Waals surface area (Å²) in [6.07, 6.45) is 13.3. The zero-order chi connectivity index (χ0) is 23.2. The number of carbonyl (C=O) groups excluding carboxylic acids is 1. The number of hydrogen-bond donors (Lipinski definition) is 0. The summed E-state index contributed by atoms with van der Waals surface area (Å²) >= 11 is 0. The molecule has 1 saturated heterocycles. The third-order valence-electron chi connectivity index (χ3n) is 7.28. The minimum atomic E-state index is -0.0636. The predicted molar refractivity (Wildman–Crippen MR) is 134 cm³/mol. The lowest BCUT2D eigenvalue weighted by molar-refractivity contribution is -0.124. The van der Waals surface area contributed by atoms with E-state index in [2.05, 4.69) is 24.8 Å². The molecule has 180 valence electrons. The minimum Gasteiger partial charge on any atom is -0.496 e. The molecule has 1 heterocycles. The number of amides is 1. The fraction of sp³-hybridized carbons (Fsp3) is 0.630. The van der Waals surface area contributed by atoms with Gasteiger partial charge in [-0.2, -0.15) is 0 Å². The molecule has 3 fully saturated rings. The Morgan fingerprint density at radius 2 is 1.73 bits per heavy atom. The second kappa shape index (κ2) is 11.1. The van der Waals surface area contributed by atoms with E-state index < -0.39 is 0 Å². The first kappa shape index (κ1) is 23.7. The standard InChI is InChI=1S/C27H39N3O3/c1-4-29(5-2)23-17-16-20(24(19-23)32-3)18-25-26(31)30(22-14-10-7-11-15-22)27(33-25)28-21-12-8-6-9-13-21/h16-19,21-22H,4-15H2,1-3H3/b25-18+,28-27-. The summed E-state index contributed by atoms with van der Waals surface area (Å²) < 4.78 is 11.9. The number of nitrogens with zero attached hydrogens (tertiary/aromatic N) is 3. The number of methoxy groups -OCH3 is 1. The maximum atomic E-state index is 13.5. The Hall–Kier alpha value is -2.50. The quantitative estimate of drug-likeness (QED) is 0.492. The van der Waals surface area contributed by atoms with Crippen molar-refractivity contribution in [1.82, 2.24) is 4.90 Å². The number of hydrogen-bond acceptors (Lipinski definition) is 5. The highest BCUT2D eigenvalue weighted by Gasteiger charge is 2.40. The first-order chi connectivity index (χ1) is 16.1. The molecular formula is C27H39N3O3. The highest BCUT2D eigenvalue weighted by Crippen LogP contribution is 2.33. The third-order valence-corrected chi connectivity index (χ3v) is 7.28. The lowest BCUT2D eigenvalue weighted by atomic mass is 9.94. The monoisotopic (exact) mass is 453 g/mol. The largest absolute Gasteiger partial charge is 0.496 e. The van der Waals surface area contributed by atoms with Gasteiger partial charge in [0, 0.05) is 36.4 Å². The molecule has 4 rings (SSSR count). The molecule has 3 aliphatic rings. The summed E-state index contributed by atoms with van der Waals surface area (Å²) in [6.45, 7) is 6.14. The van der Waals surface area contributed by atoms with Gasteiger partial charge >= 0.3 is 6.02 Å². The molecule has 0 unspecified atom stereocenters. The van der Waals surface area contributed by atoms with Crippen LogP contribution in [0.2, 0.25) is 0 Å². The summed E-state index contributed by atoms with van der Waals surface area (Å²) in [7, 11) is 1.67. The van der Waals surface area contributed by atoms with E-state index in [1.807, 2.05) is 23.1 Å². The van der Waals surface area contributed by atoms with Gasteiger partial charge in [-0.3, -0.25) is 9.69 Å². The number of anilines is 1. The molecule has 1 aromatic carbocycles. The van der Waals surface area contributed by atoms with Gasteiger partial charge in [-0.25, -0.2) is 4.99 Å². The van der Waals surface area contributed by atoms with E-state index in [1.165, 1.54) is 25.7 Å². The number of benzene rings is 1. The van der Waals surface area contributed by atoms with Crippen molar-refractivity contribution in [3.05, 3.63) is 29.5 Å². The summed E-state index contributed by atoms with van der Waals surface area (Å²) in [4.78, 5) is 22.6. The molecule has 1 amide bonds. The van der Waals surface area contributed by atoms with Gasteiger partial charge in [0.05, 0.1) is 13.2 Å². The Labute approximate surface area is 198 Å². The van der Waals surface area contributed by atoms with Gasteiger partial charge < -0.3 is 14.4 Å². The molecule has 1 aromatic rings. The van der Waals surface area contributed by atoms with E-state index in [-0.39, 0.29) is 18.0 Å². The van der Waals surface area contributed by atoms with Crippen LogP contribution in [0.1, 0.15) is 83.6 Å². The minimum absolute atomic E-state index is 0.0636. The maximum absolute atomic E-state index is 13.5. The van der Waals surface area contributed by atoms with Crippen LogP contribution < -0.4 is 9.64 Å². The molecule has 2 aliphatic carbocycles. The summed E-state index contributed by atoms with van der Waals surface area (Å²) in [5, 5.41) is 0. The molecule has 6 nitrogen and oxygen atoms in total. The van der Waals surface area contributed by atoms with Crippen molar-refractivity contribution in [3.63, 3.8) is 0 Å². The smallest absolute Gasteiger partial charge is 0.300 e. The first-order valence-electron chi connectivity index (χ1n) is 12.9. The van der Waals surface area contributed by atoms with Crippen LogP contribution in [-0.2, 0) is 9.53 Å². The summed E-state index contributed by atoms with van der Waals surface area (Å²) in [5.74, 6) is 1.03. The Morgan fingerprint density at radius 1 is 1.06 bits per heavy atom. The van der Waals surface area contributed by atoms with Crippen molar-refractivity contribution >= 4 is 23.7 Å². The van der Waals surface area contributed by atoms with Crippen molar-refractivity contribution in [1.29, 1.82) is 0 Å². The molecular weight excluding hydrogens is 414 g/mol. The summed E-state index contributed by atoms with van der Waals surface area (Å²) in [5.41, 5.74) is 1.96. The van der Waals surface area contributed by atoms with Crippen molar-refractivity contribution in [3.8, 4) is 5.75 Å². The van der Waals surface area contributed by atoms with E-state index in [0.29, 0.717) is 11.8 Å². The second-order valence-corrected chi connectivity index (χ2v) is 9.38. The average molecular weight is 454 g/mol. The number of ether oxygens (including phenoxy) is 2. The highest BCUT2D eigenvalue weighted by atomic mass is 16.5. The molecule has 6 heteroatoms. The van der Waals surface area contributed by atoms with Gasteiger partial charge in [0.2, 0.25) is 0 Å². The Kier molecular flexibility index (Phi) is 7.94. The van der Waals surface area contributed by atoms with E-state index in [1.54, 1.807) is 7.11 Å². The molecule has 2 saturated carbocycles. The third kappa shape index (κ3) is 5.36. The molecule has 0 aromatic heterocycles. The molecule has 0 bridgehead atoms. The molecule has 0 atom stereocenters. The fourth-order valence-corrected chi connectivity index (χ4v) is 5.35. The Bertz CT molecular complexity index is 879. The predicted octanol–water partition coefficient (Wildman–Crippen LogP) is 5.76. The molecule has 1 aliphatic heterocycles. The zero-order valence-corrected chi connectivity index (χ0v) is 20.5. The van der Waals surface area contributed by atoms with Crippen LogP contribution in [0.4, 0.5) is 5.69 Å². The molecule has 0 N–H and O–H groups in total. The van der Waals surface area contributed by atoms with Crippen LogP contribution in [-0.4, -0.2) is 49.1 Å². The van der Waals surface area contributed by atoms with Gasteiger partial charge in [0.25, 0.3) is 5.91 Å². The average Bonchev–Trinajstić information content (AvgIpc) is 3.16. The number of carbonyl (C=O) groups is 1. The van der Waals surface area contributed by atoms with Crippen LogP contribution in [0, 0.1) is 0 Å². The highest BCUT2D eigenvalue weighted by molar-refractivity contribution is 6.11. The SMILES string of the molecule is CCN(CC)c1ccc(/C=C2/O/C(=N\C3CCCCC3)N(C3CCCCC3)C2=O)c(OC)c1. The number of aliphatic imine (C=N–C) groups is 1. The van der Waals surface area contributed by atoms with Gasteiger partial charge in [0.15, 0.2) is 5.76 Å². The van der Waals surface area contributed by atoms with Crippen molar-refractivity contribution in [2.75, 3.05) is 25.1 Å². The Balaban J connectivity index is 1.64. The molecule has 33 heavy (non-hydrogen) atoms. The van der Waals surface area contributed by atoms with E-state index in [4.69, 9.17) is 14.5 Å². The zero-order valence-electron chi connectivity index (χ0n) is 20.5. The molecule has 0 radical (unpaired) electrons. The van der Waals surface area contributed by atoms with Crippen LogP contribution in [0.5, 0.6) is 5.75 Å². The van der Waals surface area contributed by atoms with Crippen LogP contribution >= 0.6 is 0 Å². The van der Waals surface area contributed by atoms with Gasteiger partial charge in [0.1, 0.15) is 5.75 Å².